The number of anilines is 3. The fourth-order valence-electron chi connectivity index (χ4n) is 5.16. The van der Waals surface area contributed by atoms with E-state index in [1.54, 1.807) is 12.1 Å². The number of piperazine rings is 1. The summed E-state index contributed by atoms with van der Waals surface area (Å²) in [5.74, 6) is -1.87. The lowest BCUT2D eigenvalue weighted by atomic mass is 10.00. The van der Waals surface area contributed by atoms with E-state index in [9.17, 15) is 26.4 Å². The first-order chi connectivity index (χ1) is 19.4. The van der Waals surface area contributed by atoms with Crippen molar-refractivity contribution in [3.05, 3.63) is 71.1 Å². The van der Waals surface area contributed by atoms with Crippen molar-refractivity contribution in [1.82, 2.24) is 14.9 Å². The lowest BCUT2D eigenvalue weighted by molar-refractivity contribution is -0.144. The van der Waals surface area contributed by atoms with Gasteiger partial charge in [-0.3, -0.25) is 9.52 Å². The molecule has 0 aliphatic carbocycles. The first-order valence-electron chi connectivity index (χ1n) is 13.0. The van der Waals surface area contributed by atoms with E-state index >= 15 is 0 Å². The van der Waals surface area contributed by atoms with Gasteiger partial charge in [0.1, 0.15) is 11.9 Å². The number of rotatable bonds is 6. The van der Waals surface area contributed by atoms with Gasteiger partial charge in [-0.25, -0.2) is 18.4 Å². The second kappa shape index (κ2) is 11.4. The third-order valence-corrected chi connectivity index (χ3v) is 8.88. The molecule has 2 aliphatic rings. The fourth-order valence-corrected chi connectivity index (χ4v) is 6.36. The number of halogens is 4. The molecule has 0 spiro atoms. The summed E-state index contributed by atoms with van der Waals surface area (Å²) < 4.78 is 66.1. The Morgan fingerprint density at radius 2 is 1.73 bits per heavy atom. The summed E-state index contributed by atoms with van der Waals surface area (Å²) in [6.45, 7) is 4.89. The Bertz CT molecular complexity index is 1530. The van der Waals surface area contributed by atoms with E-state index < -0.39 is 27.8 Å². The zero-order chi connectivity index (χ0) is 29.4. The molecule has 1 atom stereocenters. The lowest BCUT2D eigenvalue weighted by Gasteiger charge is -2.41. The number of hydrogen-bond donors (Lipinski definition) is 1. The molecule has 3 aromatic rings. The van der Waals surface area contributed by atoms with Crippen LogP contribution < -0.4 is 14.5 Å². The van der Waals surface area contributed by atoms with E-state index in [1.807, 2.05) is 30.0 Å². The van der Waals surface area contributed by atoms with Crippen molar-refractivity contribution in [3.63, 3.8) is 0 Å². The van der Waals surface area contributed by atoms with Gasteiger partial charge in [-0.05, 0) is 73.9 Å². The molecule has 3 heterocycles. The van der Waals surface area contributed by atoms with Gasteiger partial charge in [0.05, 0.1) is 4.90 Å². The van der Waals surface area contributed by atoms with Gasteiger partial charge in [-0.1, -0.05) is 11.6 Å². The Balaban J connectivity index is 1.19. The fraction of sp³-hybridized carbons (Fsp3) is 0.370. The van der Waals surface area contributed by atoms with Gasteiger partial charge in [0.25, 0.3) is 10.0 Å². The minimum Gasteiger partial charge on any atom is -0.368 e. The van der Waals surface area contributed by atoms with Crippen LogP contribution >= 0.6 is 11.6 Å². The standard InChI is InChI=1S/C27H28ClF3N6O3S/c1-18(37-12-2-3-19-17-20(28)4-9-23(19)37)25(38)36-15-13-35(14-16-36)21-5-7-22(8-6-21)41(39,40)34-24-10-11-32-26(33-24)27(29,30)31/h4-11,17-18H,2-3,12-16H2,1H3,(H,32,33,34)/t18-/m0/s1. The molecule has 0 unspecified atom stereocenters. The number of sulfonamides is 1. The molecule has 14 heteroatoms. The highest BCUT2D eigenvalue weighted by molar-refractivity contribution is 7.92. The third-order valence-electron chi connectivity index (χ3n) is 7.27. The largest absolute Gasteiger partial charge is 0.451 e. The van der Waals surface area contributed by atoms with E-state index in [1.165, 1.54) is 12.1 Å². The molecule has 0 saturated carbocycles. The van der Waals surface area contributed by atoms with Crippen molar-refractivity contribution in [2.75, 3.05) is 47.2 Å². The van der Waals surface area contributed by atoms with Crippen LogP contribution in [-0.4, -0.2) is 68.0 Å². The molecule has 218 valence electrons. The average Bonchev–Trinajstić information content (AvgIpc) is 2.95. The van der Waals surface area contributed by atoms with Gasteiger partial charge >= 0.3 is 6.18 Å². The molecule has 1 N–H and O–H groups in total. The summed E-state index contributed by atoms with van der Waals surface area (Å²) >= 11 is 6.16. The molecule has 1 aromatic heterocycles. The predicted octanol–water partition coefficient (Wildman–Crippen LogP) is 4.44. The van der Waals surface area contributed by atoms with Gasteiger partial charge in [-0.2, -0.15) is 13.2 Å². The van der Waals surface area contributed by atoms with Crippen LogP contribution in [0.15, 0.2) is 59.6 Å². The number of carbonyl (C=O) groups is 1. The summed E-state index contributed by atoms with van der Waals surface area (Å²) in [6.07, 6.45) is -2.08. The number of hydrogen-bond acceptors (Lipinski definition) is 7. The second-order valence-corrected chi connectivity index (χ2v) is 12.0. The van der Waals surface area contributed by atoms with E-state index in [-0.39, 0.29) is 16.8 Å². The zero-order valence-corrected chi connectivity index (χ0v) is 23.7. The van der Waals surface area contributed by atoms with Crippen molar-refractivity contribution in [3.8, 4) is 0 Å². The molecule has 2 aliphatic heterocycles. The molecule has 5 rings (SSSR count). The maximum atomic E-state index is 13.4. The van der Waals surface area contributed by atoms with E-state index in [4.69, 9.17) is 11.6 Å². The summed E-state index contributed by atoms with van der Waals surface area (Å²) in [4.78, 5) is 25.7. The maximum Gasteiger partial charge on any atom is 0.451 e. The normalized spacial score (nSPS) is 16.8. The van der Waals surface area contributed by atoms with Crippen LogP contribution in [0.3, 0.4) is 0 Å². The highest BCUT2D eigenvalue weighted by Crippen LogP contribution is 2.32. The van der Waals surface area contributed by atoms with Gasteiger partial charge in [0.15, 0.2) is 0 Å². The molecule has 2 aromatic carbocycles. The van der Waals surface area contributed by atoms with Crippen LogP contribution in [0.1, 0.15) is 24.7 Å². The number of benzene rings is 2. The molecule has 1 saturated heterocycles. The van der Waals surface area contributed by atoms with Crippen molar-refractivity contribution in [1.29, 1.82) is 0 Å². The van der Waals surface area contributed by atoms with Crippen LogP contribution in [0.2, 0.25) is 5.02 Å². The molecule has 1 amide bonds. The first kappa shape index (κ1) is 28.9. The van der Waals surface area contributed by atoms with Crippen LogP contribution in [0.25, 0.3) is 0 Å². The Kier molecular flexibility index (Phi) is 8.02. The number of amides is 1. The van der Waals surface area contributed by atoms with Crippen molar-refractivity contribution in [2.24, 2.45) is 0 Å². The second-order valence-electron chi connectivity index (χ2n) is 9.92. The summed E-state index contributed by atoms with van der Waals surface area (Å²) in [6, 6.07) is 12.5. The first-order valence-corrected chi connectivity index (χ1v) is 14.9. The molecule has 1 fully saturated rings. The van der Waals surface area contributed by atoms with Crippen molar-refractivity contribution >= 4 is 44.7 Å². The number of nitrogens with zero attached hydrogens (tertiary/aromatic N) is 5. The molecule has 41 heavy (non-hydrogen) atoms. The molecule has 0 bridgehead atoms. The monoisotopic (exact) mass is 608 g/mol. The summed E-state index contributed by atoms with van der Waals surface area (Å²) in [5, 5.41) is 0.688. The maximum absolute atomic E-state index is 13.4. The number of alkyl halides is 3. The van der Waals surface area contributed by atoms with Crippen LogP contribution in [0.4, 0.5) is 30.4 Å². The van der Waals surface area contributed by atoms with Gasteiger partial charge < -0.3 is 14.7 Å². The number of carbonyl (C=O) groups excluding carboxylic acids is 1. The third kappa shape index (κ3) is 6.35. The van der Waals surface area contributed by atoms with Gasteiger partial charge in [0, 0.05) is 55.3 Å². The van der Waals surface area contributed by atoms with Gasteiger partial charge in [-0.15, -0.1) is 0 Å². The van der Waals surface area contributed by atoms with E-state index in [0.717, 1.165) is 48.6 Å². The van der Waals surface area contributed by atoms with E-state index in [0.29, 0.717) is 31.2 Å². The summed E-state index contributed by atoms with van der Waals surface area (Å²) in [7, 11) is -4.18. The number of nitrogens with one attached hydrogen (secondary N) is 1. The zero-order valence-electron chi connectivity index (χ0n) is 22.1. The highest BCUT2D eigenvalue weighted by atomic mass is 35.5. The SMILES string of the molecule is C[C@@H](C(=O)N1CCN(c2ccc(S(=O)(=O)Nc3ccnc(C(F)(F)F)n3)cc2)CC1)N1CCCc2cc(Cl)ccc21. The molecule has 0 radical (unpaired) electrons. The smallest absolute Gasteiger partial charge is 0.368 e. The quantitative estimate of drug-likeness (QED) is 0.442. The Morgan fingerprint density at radius 1 is 1.02 bits per heavy atom. The number of aryl methyl sites for hydroxylation is 1. The topological polar surface area (TPSA) is 98.7 Å². The highest BCUT2D eigenvalue weighted by Gasteiger charge is 2.35. The van der Waals surface area contributed by atoms with Crippen LogP contribution in [-0.2, 0) is 27.4 Å². The van der Waals surface area contributed by atoms with E-state index in [2.05, 4.69) is 24.5 Å². The Morgan fingerprint density at radius 3 is 2.41 bits per heavy atom. The lowest BCUT2D eigenvalue weighted by Crippen LogP contribution is -2.55. The molecule has 9 nitrogen and oxygen atoms in total. The van der Waals surface area contributed by atoms with Crippen molar-refractivity contribution in [2.45, 2.75) is 36.9 Å². The van der Waals surface area contributed by atoms with Crippen molar-refractivity contribution < 1.29 is 26.4 Å². The minimum absolute atomic E-state index is 0.0540. The average molecular weight is 609 g/mol. The predicted molar refractivity (Wildman–Crippen MR) is 150 cm³/mol. The number of fused-ring (bicyclic) bond motifs is 1. The minimum atomic E-state index is -4.80. The molecular formula is C27H28ClF3N6O3S. The van der Waals surface area contributed by atoms with Crippen LogP contribution in [0, 0.1) is 0 Å². The Labute approximate surface area is 241 Å². The van der Waals surface area contributed by atoms with Crippen LogP contribution in [0.5, 0.6) is 0 Å². The summed E-state index contributed by atoms with van der Waals surface area (Å²) in [5.41, 5.74) is 2.97. The molecular weight excluding hydrogens is 581 g/mol. The number of aromatic nitrogens is 2. The Hall–Kier alpha value is -3.58. The van der Waals surface area contributed by atoms with Gasteiger partial charge in [0.2, 0.25) is 11.7 Å².